The van der Waals surface area contributed by atoms with Crippen LogP contribution in [0.4, 0.5) is 0 Å². The second-order valence-corrected chi connectivity index (χ2v) is 14.0. The fourth-order valence-corrected chi connectivity index (χ4v) is 6.58. The van der Waals surface area contributed by atoms with Gasteiger partial charge in [-0.05, 0) is 62.5 Å². The first-order valence-electron chi connectivity index (χ1n) is 19.6. The maximum absolute atomic E-state index is 12.3. The molecule has 2 heterocycles. The second-order valence-electron chi connectivity index (χ2n) is 14.0. The number of amides is 2. The average Bonchev–Trinajstić information content (AvgIpc) is 3.18. The van der Waals surface area contributed by atoms with Gasteiger partial charge in [-0.1, -0.05) is 109 Å². The van der Waals surface area contributed by atoms with Crippen molar-refractivity contribution in [1.82, 2.24) is 9.80 Å². The molecule has 0 bridgehead atoms. The molecule has 2 aromatic carbocycles. The third-order valence-electron chi connectivity index (χ3n) is 9.59. The fourth-order valence-electron chi connectivity index (χ4n) is 6.58. The van der Waals surface area contributed by atoms with E-state index in [-0.39, 0.29) is 36.3 Å². The van der Waals surface area contributed by atoms with E-state index in [4.69, 9.17) is 5.11 Å². The van der Waals surface area contributed by atoms with E-state index in [1.807, 2.05) is 113 Å². The van der Waals surface area contributed by atoms with Gasteiger partial charge in [0.1, 0.15) is 0 Å². The topological polar surface area (TPSA) is 145 Å². The molecule has 0 aliphatic carbocycles. The molecule has 2 aliphatic heterocycles. The Bertz CT molecular complexity index is 1550. The van der Waals surface area contributed by atoms with Crippen molar-refractivity contribution in [2.24, 2.45) is 0 Å². The SMILES string of the molecule is COC(=O)CCCC=CCN1C(=O)CCC[C@@H]1C=CC(O)Cc1ccccc1.O=C(O)CCCC=CCN1C(=O)CCC[C@@H]1/C=C/C(O)Cc1ccccc1. The van der Waals surface area contributed by atoms with Crippen LogP contribution < -0.4 is 0 Å². The van der Waals surface area contributed by atoms with E-state index in [1.165, 1.54) is 7.11 Å². The minimum atomic E-state index is -0.783. The molecule has 0 radical (unpaired) electrons. The number of esters is 1. The lowest BCUT2D eigenvalue weighted by molar-refractivity contribution is -0.141. The first-order chi connectivity index (χ1) is 26.7. The van der Waals surface area contributed by atoms with Crippen LogP contribution in [0.1, 0.15) is 88.2 Å². The molecule has 4 rings (SSSR count). The van der Waals surface area contributed by atoms with Crippen molar-refractivity contribution in [2.45, 2.75) is 114 Å². The number of carbonyl (C=O) groups excluding carboxylic acids is 3. The molecular formula is C45H60N2O8. The zero-order chi connectivity index (χ0) is 39.7. The van der Waals surface area contributed by atoms with Crippen LogP contribution in [0.2, 0.25) is 0 Å². The smallest absolute Gasteiger partial charge is 0.305 e. The Morgan fingerprint density at radius 2 is 1.15 bits per heavy atom. The number of piperidine rings is 2. The maximum atomic E-state index is 12.3. The van der Waals surface area contributed by atoms with Crippen LogP contribution in [0.5, 0.6) is 0 Å². The first kappa shape index (κ1) is 44.6. The molecule has 0 spiro atoms. The van der Waals surface area contributed by atoms with E-state index in [2.05, 4.69) is 4.74 Å². The molecular weight excluding hydrogens is 697 g/mol. The number of rotatable bonds is 20. The standard InChI is InChI=1S/C23H31NO4.C22H29NO4/c1-28-23(27)14-7-2-3-8-17-24-20(12-9-13-22(24)26)15-16-21(25)18-19-10-5-4-6-11-19;24-20(17-18-9-4-3-5-10-18)15-14-19-11-8-12-21(25)23(19)16-7-2-1-6-13-22(26)27/h3-6,8,10-11,15-16,20-21,25H,2,7,9,12-14,17-18H2,1H3;2-5,7,9-10,14-15,19-20,24H,1,6,8,11-13,16-17H2,(H,26,27)/b;7-2?,15-14+/t20-,21?;19-,20?/m11/s1. The number of methoxy groups -OCH3 is 1. The number of carbonyl (C=O) groups is 4. The van der Waals surface area contributed by atoms with Gasteiger partial charge in [0, 0.05) is 51.6 Å². The van der Waals surface area contributed by atoms with Gasteiger partial charge in [0.15, 0.2) is 0 Å². The largest absolute Gasteiger partial charge is 0.481 e. The highest BCUT2D eigenvalue weighted by Crippen LogP contribution is 2.21. The number of benzene rings is 2. The lowest BCUT2D eigenvalue weighted by atomic mass is 9.99. The summed E-state index contributed by atoms with van der Waals surface area (Å²) in [4.78, 5) is 49.9. The summed E-state index contributed by atoms with van der Waals surface area (Å²) in [5.74, 6) is -0.700. The van der Waals surface area contributed by atoms with E-state index in [0.717, 1.165) is 49.7 Å². The second kappa shape index (κ2) is 26.1. The molecule has 0 aromatic heterocycles. The first-order valence-corrected chi connectivity index (χ1v) is 19.6. The van der Waals surface area contributed by atoms with Crippen LogP contribution in [0, 0.1) is 0 Å². The van der Waals surface area contributed by atoms with Crippen LogP contribution in [-0.2, 0) is 36.8 Å². The normalized spacial score (nSPS) is 18.9. The van der Waals surface area contributed by atoms with Gasteiger partial charge in [-0.2, -0.15) is 0 Å². The Morgan fingerprint density at radius 1 is 0.709 bits per heavy atom. The van der Waals surface area contributed by atoms with E-state index in [9.17, 15) is 29.4 Å². The molecule has 2 aromatic rings. The monoisotopic (exact) mass is 756 g/mol. The quantitative estimate of drug-likeness (QED) is 0.0764. The van der Waals surface area contributed by atoms with Gasteiger partial charge in [-0.15, -0.1) is 0 Å². The zero-order valence-corrected chi connectivity index (χ0v) is 32.3. The number of aliphatic hydroxyl groups excluding tert-OH is 2. The van der Waals surface area contributed by atoms with Gasteiger partial charge in [0.2, 0.25) is 11.8 Å². The molecule has 3 N–H and O–H groups in total. The molecule has 2 amide bonds. The summed E-state index contributed by atoms with van der Waals surface area (Å²) in [5.41, 5.74) is 2.17. The number of nitrogens with zero attached hydrogens (tertiary/aromatic N) is 2. The Morgan fingerprint density at radius 3 is 1.56 bits per heavy atom. The van der Waals surface area contributed by atoms with Crippen molar-refractivity contribution >= 4 is 23.8 Å². The molecule has 10 heteroatoms. The Labute approximate surface area is 326 Å². The minimum Gasteiger partial charge on any atom is -0.481 e. The number of ether oxygens (including phenoxy) is 1. The summed E-state index contributed by atoms with van der Waals surface area (Å²) in [5, 5.41) is 29.2. The number of aliphatic carboxylic acids is 1. The Hall–Kier alpha value is -4.80. The van der Waals surface area contributed by atoms with Gasteiger partial charge in [0.25, 0.3) is 0 Å². The van der Waals surface area contributed by atoms with Gasteiger partial charge in [-0.3, -0.25) is 19.2 Å². The fraction of sp³-hybridized carbons (Fsp3) is 0.467. The number of hydrogen-bond acceptors (Lipinski definition) is 7. The van der Waals surface area contributed by atoms with Crippen molar-refractivity contribution in [1.29, 1.82) is 0 Å². The Balaban J connectivity index is 0.000000296. The van der Waals surface area contributed by atoms with E-state index in [0.29, 0.717) is 58.0 Å². The van der Waals surface area contributed by atoms with Gasteiger partial charge in [-0.25, -0.2) is 0 Å². The van der Waals surface area contributed by atoms with Gasteiger partial charge >= 0.3 is 11.9 Å². The molecule has 2 unspecified atom stereocenters. The molecule has 2 fully saturated rings. The average molecular weight is 757 g/mol. The number of aliphatic hydroxyl groups is 2. The van der Waals surface area contributed by atoms with Crippen molar-refractivity contribution in [3.05, 3.63) is 120 Å². The van der Waals surface area contributed by atoms with Crippen LogP contribution >= 0.6 is 0 Å². The molecule has 4 atom stereocenters. The number of likely N-dealkylation sites (tertiary alicyclic amines) is 2. The molecule has 0 saturated carbocycles. The summed E-state index contributed by atoms with van der Waals surface area (Å²) >= 11 is 0. The lowest BCUT2D eigenvalue weighted by Gasteiger charge is -2.33. The van der Waals surface area contributed by atoms with Crippen molar-refractivity contribution < 1.29 is 39.2 Å². The summed E-state index contributed by atoms with van der Waals surface area (Å²) < 4.78 is 4.62. The van der Waals surface area contributed by atoms with Crippen LogP contribution in [-0.4, -0.2) is 93.4 Å². The molecule has 10 nitrogen and oxygen atoms in total. The third kappa shape index (κ3) is 18.4. The van der Waals surface area contributed by atoms with Gasteiger partial charge in [0.05, 0.1) is 31.4 Å². The van der Waals surface area contributed by atoms with Gasteiger partial charge < -0.3 is 29.9 Å². The minimum absolute atomic E-state index is 0.000318. The van der Waals surface area contributed by atoms with Crippen molar-refractivity contribution in [3.63, 3.8) is 0 Å². The van der Waals surface area contributed by atoms with Crippen LogP contribution in [0.3, 0.4) is 0 Å². The molecule has 298 valence electrons. The number of allylic oxidation sites excluding steroid dienone is 2. The molecule has 2 aliphatic rings. The van der Waals surface area contributed by atoms with E-state index in [1.54, 1.807) is 6.08 Å². The van der Waals surface area contributed by atoms with Crippen molar-refractivity contribution in [3.8, 4) is 0 Å². The maximum Gasteiger partial charge on any atom is 0.305 e. The van der Waals surface area contributed by atoms with E-state index < -0.39 is 18.2 Å². The van der Waals surface area contributed by atoms with Crippen LogP contribution in [0.25, 0.3) is 0 Å². The summed E-state index contributed by atoms with van der Waals surface area (Å²) in [6.45, 7) is 1.08. The highest BCUT2D eigenvalue weighted by atomic mass is 16.5. The lowest BCUT2D eigenvalue weighted by Crippen LogP contribution is -2.42. The summed E-state index contributed by atoms with van der Waals surface area (Å²) in [6.07, 6.45) is 23.5. The van der Waals surface area contributed by atoms with E-state index >= 15 is 0 Å². The highest BCUT2D eigenvalue weighted by molar-refractivity contribution is 5.78. The number of hydrogen-bond donors (Lipinski definition) is 3. The predicted octanol–water partition coefficient (Wildman–Crippen LogP) is 6.77. The zero-order valence-electron chi connectivity index (χ0n) is 32.3. The predicted molar refractivity (Wildman–Crippen MR) is 215 cm³/mol. The van der Waals surface area contributed by atoms with Crippen LogP contribution in [0.15, 0.2) is 109 Å². The number of carboxylic acid groups (broad SMARTS) is 1. The number of carboxylic acids is 1. The molecule has 55 heavy (non-hydrogen) atoms. The third-order valence-corrected chi connectivity index (χ3v) is 9.59. The summed E-state index contributed by atoms with van der Waals surface area (Å²) in [7, 11) is 1.39. The summed E-state index contributed by atoms with van der Waals surface area (Å²) in [6, 6.07) is 19.7. The Kier molecular flexibility index (Phi) is 21.1. The highest BCUT2D eigenvalue weighted by Gasteiger charge is 2.26. The molecule has 2 saturated heterocycles. The van der Waals surface area contributed by atoms with Crippen molar-refractivity contribution in [2.75, 3.05) is 20.2 Å². The number of unbranched alkanes of at least 4 members (excludes halogenated alkanes) is 2.